The van der Waals surface area contributed by atoms with Gasteiger partial charge in [-0.05, 0) is 24.3 Å². The van der Waals surface area contributed by atoms with E-state index in [4.69, 9.17) is 0 Å². The summed E-state index contributed by atoms with van der Waals surface area (Å²) in [7, 11) is -4.06. The van der Waals surface area contributed by atoms with E-state index < -0.39 is 47.1 Å². The maximum atomic E-state index is 13.1. The van der Waals surface area contributed by atoms with Crippen LogP contribution in [-0.2, 0) is 14.8 Å². The molecule has 1 heterocycles. The van der Waals surface area contributed by atoms with E-state index in [1.54, 1.807) is 4.72 Å². The van der Waals surface area contributed by atoms with Crippen LogP contribution in [0.1, 0.15) is 10.5 Å². The Labute approximate surface area is 135 Å². The molecule has 0 radical (unpaired) electrons. The number of ether oxygens (including phenoxy) is 1. The number of benzene rings is 1. The number of pyridine rings is 1. The van der Waals surface area contributed by atoms with E-state index in [0.717, 1.165) is 6.07 Å². The molecule has 0 aliphatic rings. The van der Waals surface area contributed by atoms with Crippen molar-refractivity contribution < 1.29 is 31.1 Å². The maximum absolute atomic E-state index is 13.1. The van der Waals surface area contributed by atoms with Gasteiger partial charge in [-0.3, -0.25) is 4.79 Å². The Kier molecular flexibility index (Phi) is 5.73. The average molecular weight is 362 g/mol. The van der Waals surface area contributed by atoms with Crippen molar-refractivity contribution in [3.63, 3.8) is 0 Å². The lowest BCUT2D eigenvalue weighted by Crippen LogP contribution is -2.34. The van der Waals surface area contributed by atoms with Crippen LogP contribution < -0.4 is 4.72 Å². The summed E-state index contributed by atoms with van der Waals surface area (Å²) in [5, 5.41) is 0.454. The van der Waals surface area contributed by atoms with E-state index in [1.807, 2.05) is 0 Å². The van der Waals surface area contributed by atoms with Gasteiger partial charge in [0.25, 0.3) is 12.3 Å². The van der Waals surface area contributed by atoms with Gasteiger partial charge in [-0.15, -0.1) is 0 Å². The van der Waals surface area contributed by atoms with Crippen LogP contribution in [0.25, 0.3) is 10.9 Å². The predicted molar refractivity (Wildman–Crippen MR) is 79.8 cm³/mol. The Bertz CT molecular complexity index is 843. The lowest BCUT2D eigenvalue weighted by atomic mass is 10.2. The third-order valence-electron chi connectivity index (χ3n) is 2.87. The summed E-state index contributed by atoms with van der Waals surface area (Å²) in [5.41, 5.74) is 0.146. The first-order valence-electron chi connectivity index (χ1n) is 6.74. The number of alkyl halides is 2. The van der Waals surface area contributed by atoms with Crippen LogP contribution in [0.4, 0.5) is 13.2 Å². The number of sulfonamides is 1. The van der Waals surface area contributed by atoms with Crippen molar-refractivity contribution in [3.8, 4) is 0 Å². The minimum absolute atomic E-state index is 0.175. The molecule has 1 N–H and O–H groups in total. The van der Waals surface area contributed by atoms with E-state index in [1.165, 1.54) is 24.3 Å². The quantitative estimate of drug-likeness (QED) is 0.758. The van der Waals surface area contributed by atoms with Gasteiger partial charge in [0.2, 0.25) is 10.0 Å². The largest absolute Gasteiger partial charge is 0.374 e. The Balaban J connectivity index is 2.02. The zero-order valence-corrected chi connectivity index (χ0v) is 13.0. The van der Waals surface area contributed by atoms with Gasteiger partial charge in [0.05, 0.1) is 17.9 Å². The van der Waals surface area contributed by atoms with Crippen LogP contribution in [0.15, 0.2) is 30.3 Å². The van der Waals surface area contributed by atoms with E-state index >= 15 is 0 Å². The summed E-state index contributed by atoms with van der Waals surface area (Å²) in [6.07, 6.45) is -2.70. The second kappa shape index (κ2) is 7.58. The minimum Gasteiger partial charge on any atom is -0.374 e. The lowest BCUT2D eigenvalue weighted by molar-refractivity contribution is 0.0233. The molecule has 0 atom stereocenters. The third kappa shape index (κ3) is 5.17. The maximum Gasteiger partial charge on any atom is 0.283 e. The summed E-state index contributed by atoms with van der Waals surface area (Å²) in [6, 6.07) is 6.42. The van der Waals surface area contributed by atoms with E-state index in [0.29, 0.717) is 10.9 Å². The molecule has 0 saturated carbocycles. The average Bonchev–Trinajstić information content (AvgIpc) is 2.50. The Morgan fingerprint density at radius 1 is 1.25 bits per heavy atom. The predicted octanol–water partition coefficient (Wildman–Crippen LogP) is 1.72. The molecule has 1 aromatic heterocycles. The molecule has 0 spiro atoms. The number of hydrogen-bond acceptors (Lipinski definition) is 5. The highest BCUT2D eigenvalue weighted by atomic mass is 32.2. The normalized spacial score (nSPS) is 11.8. The van der Waals surface area contributed by atoms with Crippen LogP contribution in [0, 0.1) is 5.82 Å². The van der Waals surface area contributed by atoms with Gasteiger partial charge in [-0.25, -0.2) is 31.3 Å². The summed E-state index contributed by atoms with van der Waals surface area (Å²) in [5.74, 6) is -2.09. The Morgan fingerprint density at radius 2 is 2.00 bits per heavy atom. The number of halogens is 3. The molecule has 0 unspecified atom stereocenters. The van der Waals surface area contributed by atoms with Gasteiger partial charge in [-0.2, -0.15) is 0 Å². The highest BCUT2D eigenvalue weighted by molar-refractivity contribution is 7.90. The van der Waals surface area contributed by atoms with Gasteiger partial charge in [0.15, 0.2) is 0 Å². The zero-order chi connectivity index (χ0) is 17.7. The van der Waals surface area contributed by atoms with Crippen LogP contribution in [0.3, 0.4) is 0 Å². The number of carbonyl (C=O) groups excluding carboxylic acids is 1. The molecule has 10 heteroatoms. The van der Waals surface area contributed by atoms with Crippen molar-refractivity contribution in [2.45, 2.75) is 6.43 Å². The molecular formula is C14H13F3N2O4S. The number of nitrogens with one attached hydrogen (secondary N) is 1. The van der Waals surface area contributed by atoms with E-state index in [9.17, 15) is 26.4 Å². The van der Waals surface area contributed by atoms with Crippen molar-refractivity contribution in [1.82, 2.24) is 9.71 Å². The third-order valence-corrected chi connectivity index (χ3v) is 4.07. The molecule has 6 nitrogen and oxygen atoms in total. The number of hydrogen-bond donors (Lipinski definition) is 1. The minimum atomic E-state index is -4.06. The topological polar surface area (TPSA) is 85.4 Å². The van der Waals surface area contributed by atoms with Crippen molar-refractivity contribution in [1.29, 1.82) is 0 Å². The molecule has 2 rings (SSSR count). The standard InChI is InChI=1S/C14H13F3N2O4S/c15-10-2-4-11-9(7-10)1-3-12(18-11)14(20)19-24(21,22)6-5-23-8-13(16)17/h1-4,7,13H,5-6,8H2,(H,19,20). The summed E-state index contributed by atoms with van der Waals surface area (Å²) in [4.78, 5) is 15.9. The number of aromatic nitrogens is 1. The first kappa shape index (κ1) is 18.1. The number of rotatable bonds is 7. The lowest BCUT2D eigenvalue weighted by Gasteiger charge is -2.08. The Hall–Kier alpha value is -2.20. The van der Waals surface area contributed by atoms with Crippen LogP contribution in [-0.4, -0.2) is 44.7 Å². The number of carbonyl (C=O) groups is 1. The zero-order valence-electron chi connectivity index (χ0n) is 12.2. The highest BCUT2D eigenvalue weighted by Gasteiger charge is 2.17. The molecule has 130 valence electrons. The SMILES string of the molecule is O=C(NS(=O)(=O)CCOCC(F)F)c1ccc2cc(F)ccc2n1. The summed E-state index contributed by atoms with van der Waals surface area (Å²) >= 11 is 0. The van der Waals surface area contributed by atoms with Crippen molar-refractivity contribution in [2.75, 3.05) is 19.0 Å². The monoisotopic (exact) mass is 362 g/mol. The van der Waals surface area contributed by atoms with Gasteiger partial charge >= 0.3 is 0 Å². The van der Waals surface area contributed by atoms with Gasteiger partial charge in [-0.1, -0.05) is 6.07 Å². The molecule has 2 aromatic rings. The fraction of sp³-hybridized carbons (Fsp3) is 0.286. The molecule has 1 amide bonds. The highest BCUT2D eigenvalue weighted by Crippen LogP contribution is 2.14. The molecule has 0 fully saturated rings. The summed E-state index contributed by atoms with van der Waals surface area (Å²) < 4.78 is 66.4. The smallest absolute Gasteiger partial charge is 0.283 e. The van der Waals surface area contributed by atoms with Crippen LogP contribution in [0.2, 0.25) is 0 Å². The van der Waals surface area contributed by atoms with Crippen molar-refractivity contribution in [2.24, 2.45) is 0 Å². The fourth-order valence-corrected chi connectivity index (χ4v) is 2.63. The van der Waals surface area contributed by atoms with Gasteiger partial charge < -0.3 is 4.74 Å². The van der Waals surface area contributed by atoms with E-state index in [-0.39, 0.29) is 5.69 Å². The molecule has 0 aliphatic heterocycles. The van der Waals surface area contributed by atoms with Crippen LogP contribution >= 0.6 is 0 Å². The molecule has 0 saturated heterocycles. The molecule has 0 bridgehead atoms. The van der Waals surface area contributed by atoms with E-state index in [2.05, 4.69) is 9.72 Å². The second-order valence-electron chi connectivity index (χ2n) is 4.75. The van der Waals surface area contributed by atoms with Crippen molar-refractivity contribution in [3.05, 3.63) is 41.8 Å². The van der Waals surface area contributed by atoms with Crippen LogP contribution in [0.5, 0.6) is 0 Å². The second-order valence-corrected chi connectivity index (χ2v) is 6.59. The Morgan fingerprint density at radius 3 is 2.71 bits per heavy atom. The molecule has 1 aromatic carbocycles. The summed E-state index contributed by atoms with van der Waals surface area (Å²) in [6.45, 7) is -1.36. The molecular weight excluding hydrogens is 349 g/mol. The van der Waals surface area contributed by atoms with Crippen molar-refractivity contribution >= 4 is 26.8 Å². The fourth-order valence-electron chi connectivity index (χ4n) is 1.81. The first-order valence-corrected chi connectivity index (χ1v) is 8.39. The van der Waals surface area contributed by atoms with Gasteiger partial charge in [0, 0.05) is 5.39 Å². The first-order chi connectivity index (χ1) is 11.3. The number of nitrogens with zero attached hydrogens (tertiary/aromatic N) is 1. The number of fused-ring (bicyclic) bond motifs is 1. The number of amides is 1. The molecule has 0 aliphatic carbocycles. The molecule has 24 heavy (non-hydrogen) atoms. The van der Waals surface area contributed by atoms with Gasteiger partial charge in [0.1, 0.15) is 18.1 Å².